The number of hydrogen-bond donors (Lipinski definition) is 1. The van der Waals surface area contributed by atoms with Crippen LogP contribution in [0.5, 0.6) is 11.5 Å². The Balaban J connectivity index is 2.42. The maximum atomic E-state index is 13.6. The Bertz CT molecular complexity index is 1160. The highest BCUT2D eigenvalue weighted by molar-refractivity contribution is 9.10. The van der Waals surface area contributed by atoms with Crippen molar-refractivity contribution in [3.05, 3.63) is 52.5 Å². The van der Waals surface area contributed by atoms with Crippen molar-refractivity contribution in [3.8, 4) is 11.5 Å². The summed E-state index contributed by atoms with van der Waals surface area (Å²) >= 11 is 3.43. The molecule has 0 radical (unpaired) electrons. The van der Waals surface area contributed by atoms with Crippen LogP contribution in [0.1, 0.15) is 32.3 Å². The lowest BCUT2D eigenvalue weighted by molar-refractivity contribution is -0.139. The molecule has 9 nitrogen and oxygen atoms in total. The quantitative estimate of drug-likeness (QED) is 0.361. The summed E-state index contributed by atoms with van der Waals surface area (Å²) in [6, 6.07) is 11.2. The van der Waals surface area contributed by atoms with E-state index in [1.54, 1.807) is 19.1 Å². The fourth-order valence-electron chi connectivity index (χ4n) is 3.54. The molecule has 1 unspecified atom stereocenters. The number of carbonyl (C=O) groups is 2. The Morgan fingerprint density at radius 1 is 1.11 bits per heavy atom. The average molecular weight is 585 g/mol. The third kappa shape index (κ3) is 8.12. The molecular weight excluding hydrogens is 550 g/mol. The second-order valence-corrected chi connectivity index (χ2v) is 11.1. The Labute approximate surface area is 221 Å². The predicted molar refractivity (Wildman–Crippen MR) is 144 cm³/mol. The molecule has 0 aliphatic heterocycles. The number of amides is 2. The molecule has 0 heterocycles. The molecule has 0 spiro atoms. The maximum Gasteiger partial charge on any atom is 0.244 e. The van der Waals surface area contributed by atoms with Gasteiger partial charge in [-0.3, -0.25) is 13.9 Å². The number of nitrogens with zero attached hydrogens (tertiary/aromatic N) is 2. The van der Waals surface area contributed by atoms with Gasteiger partial charge in [-0.05, 0) is 43.2 Å². The summed E-state index contributed by atoms with van der Waals surface area (Å²) in [7, 11) is -0.994. The van der Waals surface area contributed by atoms with E-state index in [0.717, 1.165) is 33.4 Å². The van der Waals surface area contributed by atoms with Gasteiger partial charge in [0.1, 0.15) is 24.1 Å². The lowest BCUT2D eigenvalue weighted by atomic mass is 10.1. The fourth-order valence-corrected chi connectivity index (χ4v) is 4.84. The summed E-state index contributed by atoms with van der Waals surface area (Å²) in [6.45, 7) is 3.76. The first-order chi connectivity index (χ1) is 17.0. The van der Waals surface area contributed by atoms with Crippen LogP contribution in [0.25, 0.3) is 0 Å². The number of unbranched alkanes of at least 4 members (excludes halogenated alkanes) is 1. The van der Waals surface area contributed by atoms with Crippen LogP contribution < -0.4 is 19.1 Å². The highest BCUT2D eigenvalue weighted by Gasteiger charge is 2.31. The number of carbonyl (C=O) groups excluding carboxylic acids is 2. The minimum absolute atomic E-state index is 0.123. The van der Waals surface area contributed by atoms with Gasteiger partial charge < -0.3 is 19.7 Å². The van der Waals surface area contributed by atoms with Gasteiger partial charge in [-0.1, -0.05) is 41.4 Å². The van der Waals surface area contributed by atoms with Crippen molar-refractivity contribution in [2.24, 2.45) is 0 Å². The van der Waals surface area contributed by atoms with Gasteiger partial charge in [-0.2, -0.15) is 0 Å². The lowest BCUT2D eigenvalue weighted by Gasteiger charge is -2.32. The Morgan fingerprint density at radius 3 is 2.42 bits per heavy atom. The number of ether oxygens (including phenoxy) is 2. The first-order valence-electron chi connectivity index (χ1n) is 11.5. The topological polar surface area (TPSA) is 105 Å². The molecule has 0 fully saturated rings. The van der Waals surface area contributed by atoms with Gasteiger partial charge in [0.05, 0.1) is 26.2 Å². The first kappa shape index (κ1) is 29.4. The van der Waals surface area contributed by atoms with Crippen LogP contribution in [0.4, 0.5) is 5.69 Å². The van der Waals surface area contributed by atoms with Crippen molar-refractivity contribution in [1.82, 2.24) is 10.2 Å². The van der Waals surface area contributed by atoms with Crippen LogP contribution in [0.3, 0.4) is 0 Å². The molecule has 2 aromatic rings. The molecule has 1 N–H and O–H groups in total. The third-order valence-electron chi connectivity index (χ3n) is 5.57. The monoisotopic (exact) mass is 583 g/mol. The molecule has 0 saturated heterocycles. The number of nitrogens with one attached hydrogen (secondary N) is 1. The van der Waals surface area contributed by atoms with Crippen LogP contribution in [0.15, 0.2) is 46.9 Å². The number of anilines is 1. The third-order valence-corrected chi connectivity index (χ3v) is 7.19. The molecule has 2 aromatic carbocycles. The highest BCUT2D eigenvalue weighted by Crippen LogP contribution is 2.33. The van der Waals surface area contributed by atoms with E-state index in [2.05, 4.69) is 21.2 Å². The standard InChI is InChI=1S/C25H34BrN3O6S/c1-6-7-13-27-25(31)18(2)28(16-19-9-8-10-20(26)14-19)24(30)17-29(36(5,32)33)22-12-11-21(34-3)15-23(22)35-4/h8-12,14-15,18H,6-7,13,16-17H2,1-5H3,(H,27,31). The summed E-state index contributed by atoms with van der Waals surface area (Å²) in [5.74, 6) is -0.128. The molecule has 36 heavy (non-hydrogen) atoms. The SMILES string of the molecule is CCCCNC(=O)C(C)N(Cc1cccc(Br)c1)C(=O)CN(c1ccc(OC)cc1OC)S(C)(=O)=O. The Morgan fingerprint density at radius 2 is 1.83 bits per heavy atom. The number of rotatable bonds is 13. The molecule has 2 rings (SSSR count). The van der Waals surface area contributed by atoms with Gasteiger partial charge in [0, 0.05) is 23.6 Å². The van der Waals surface area contributed by atoms with E-state index in [4.69, 9.17) is 9.47 Å². The van der Waals surface area contributed by atoms with Crippen molar-refractivity contribution in [3.63, 3.8) is 0 Å². The van der Waals surface area contributed by atoms with Crippen molar-refractivity contribution < 1.29 is 27.5 Å². The van der Waals surface area contributed by atoms with E-state index in [9.17, 15) is 18.0 Å². The smallest absolute Gasteiger partial charge is 0.244 e. The molecule has 2 amide bonds. The Hall–Kier alpha value is -2.79. The van der Waals surface area contributed by atoms with E-state index in [0.29, 0.717) is 12.3 Å². The minimum Gasteiger partial charge on any atom is -0.497 e. The minimum atomic E-state index is -3.88. The van der Waals surface area contributed by atoms with Crippen LogP contribution in [-0.2, 0) is 26.2 Å². The van der Waals surface area contributed by atoms with Gasteiger partial charge in [0.15, 0.2) is 0 Å². The number of benzene rings is 2. The average Bonchev–Trinajstić information content (AvgIpc) is 2.84. The van der Waals surface area contributed by atoms with Gasteiger partial charge in [0.25, 0.3) is 0 Å². The van der Waals surface area contributed by atoms with Gasteiger partial charge in [0.2, 0.25) is 21.8 Å². The van der Waals surface area contributed by atoms with Crippen molar-refractivity contribution >= 4 is 43.5 Å². The van der Waals surface area contributed by atoms with Crippen LogP contribution in [0.2, 0.25) is 0 Å². The van der Waals surface area contributed by atoms with E-state index >= 15 is 0 Å². The van der Waals surface area contributed by atoms with Crippen molar-refractivity contribution in [2.45, 2.75) is 39.3 Å². The molecule has 0 aliphatic rings. The second-order valence-electron chi connectivity index (χ2n) is 8.28. The molecule has 11 heteroatoms. The first-order valence-corrected chi connectivity index (χ1v) is 14.2. The Kier molecular flexibility index (Phi) is 11.0. The summed E-state index contributed by atoms with van der Waals surface area (Å²) in [4.78, 5) is 27.9. The highest BCUT2D eigenvalue weighted by atomic mass is 79.9. The zero-order valence-electron chi connectivity index (χ0n) is 21.3. The number of hydrogen-bond acceptors (Lipinski definition) is 6. The van der Waals surface area contributed by atoms with Crippen molar-refractivity contribution in [1.29, 1.82) is 0 Å². The number of sulfonamides is 1. The van der Waals surface area contributed by atoms with Crippen LogP contribution in [-0.4, -0.2) is 64.7 Å². The second kappa shape index (κ2) is 13.5. The molecule has 0 aromatic heterocycles. The van der Waals surface area contributed by atoms with E-state index in [1.807, 2.05) is 31.2 Å². The summed E-state index contributed by atoms with van der Waals surface area (Å²) in [5.41, 5.74) is 0.982. The summed E-state index contributed by atoms with van der Waals surface area (Å²) in [6.07, 6.45) is 2.75. The van der Waals surface area contributed by atoms with Gasteiger partial charge in [-0.15, -0.1) is 0 Å². The zero-order chi connectivity index (χ0) is 26.9. The van der Waals surface area contributed by atoms with Crippen LogP contribution >= 0.6 is 15.9 Å². The van der Waals surface area contributed by atoms with E-state index < -0.39 is 28.5 Å². The number of methoxy groups -OCH3 is 2. The summed E-state index contributed by atoms with van der Waals surface area (Å²) in [5, 5.41) is 2.85. The molecular formula is C25H34BrN3O6S. The maximum absolute atomic E-state index is 13.6. The lowest BCUT2D eigenvalue weighted by Crippen LogP contribution is -2.51. The largest absolute Gasteiger partial charge is 0.497 e. The van der Waals surface area contributed by atoms with Crippen molar-refractivity contribution in [2.75, 3.05) is 37.9 Å². The molecule has 1 atom stereocenters. The zero-order valence-corrected chi connectivity index (χ0v) is 23.7. The fraction of sp³-hybridized carbons (Fsp3) is 0.440. The molecule has 0 bridgehead atoms. The molecule has 198 valence electrons. The normalized spacial score (nSPS) is 11.9. The summed E-state index contributed by atoms with van der Waals surface area (Å²) < 4.78 is 37.9. The number of halogens is 1. The molecule has 0 aliphatic carbocycles. The molecule has 0 saturated carbocycles. The predicted octanol–water partition coefficient (Wildman–Crippen LogP) is 3.57. The van der Waals surface area contributed by atoms with Gasteiger partial charge in [-0.25, -0.2) is 8.42 Å². The van der Waals surface area contributed by atoms with E-state index in [-0.39, 0.29) is 23.9 Å². The van der Waals surface area contributed by atoms with Gasteiger partial charge >= 0.3 is 0 Å². The van der Waals surface area contributed by atoms with E-state index in [1.165, 1.54) is 25.2 Å². The van der Waals surface area contributed by atoms with Crippen LogP contribution in [0, 0.1) is 0 Å².